The van der Waals surface area contributed by atoms with Crippen LogP contribution in [0, 0.1) is 57.7 Å². The summed E-state index contributed by atoms with van der Waals surface area (Å²) in [5.41, 5.74) is 3.54. The summed E-state index contributed by atoms with van der Waals surface area (Å²) in [7, 11) is 0. The molecule has 234 valence electrons. The van der Waals surface area contributed by atoms with Gasteiger partial charge in [0.1, 0.15) is 0 Å². The minimum atomic E-state index is -0.0823. The molecule has 0 saturated heterocycles. The van der Waals surface area contributed by atoms with Crippen molar-refractivity contribution < 1.29 is 19.8 Å². The molecule has 6 fully saturated rings. The van der Waals surface area contributed by atoms with Crippen molar-refractivity contribution in [3.8, 4) is 0 Å². The molecule has 0 aromatic carbocycles. The van der Waals surface area contributed by atoms with E-state index in [1.807, 2.05) is 12.2 Å². The van der Waals surface area contributed by atoms with Crippen molar-refractivity contribution >= 4 is 11.6 Å². The maximum absolute atomic E-state index is 11.8. The Morgan fingerprint density at radius 2 is 1.21 bits per heavy atom. The molecule has 6 saturated carbocycles. The number of ketones is 2. The van der Waals surface area contributed by atoms with E-state index in [1.54, 1.807) is 0 Å². The quantitative estimate of drug-likeness (QED) is 0.305. The molecule has 0 bridgehead atoms. The zero-order chi connectivity index (χ0) is 28.7. The van der Waals surface area contributed by atoms with Crippen molar-refractivity contribution in [1.82, 2.24) is 0 Å². The molecule has 0 radical (unpaired) electrons. The zero-order valence-electron chi connectivity index (χ0n) is 25.9. The van der Waals surface area contributed by atoms with Crippen molar-refractivity contribution in [2.75, 3.05) is 0 Å². The summed E-state index contributed by atoms with van der Waals surface area (Å²) in [6, 6.07) is 0. The van der Waals surface area contributed by atoms with E-state index in [0.29, 0.717) is 23.4 Å². The molecular formula is C38H58O4. The monoisotopic (exact) mass is 578 g/mol. The Bertz CT molecular complexity index is 1150. The van der Waals surface area contributed by atoms with Crippen LogP contribution in [-0.2, 0) is 9.59 Å². The molecule has 2 N–H and O–H groups in total. The van der Waals surface area contributed by atoms with Gasteiger partial charge in [0.2, 0.25) is 0 Å². The maximum Gasteiger partial charge on any atom is 0.155 e. The van der Waals surface area contributed by atoms with Crippen LogP contribution in [0.3, 0.4) is 0 Å². The Morgan fingerprint density at radius 3 is 1.93 bits per heavy atom. The summed E-state index contributed by atoms with van der Waals surface area (Å²) >= 11 is 0. The van der Waals surface area contributed by atoms with Crippen LogP contribution in [0.2, 0.25) is 0 Å². The Morgan fingerprint density at radius 1 is 0.595 bits per heavy atom. The third-order valence-corrected chi connectivity index (χ3v) is 15.2. The molecule has 0 aromatic rings. The number of carbonyl (C=O) groups is 2. The number of carbonyl (C=O) groups excluding carboxylic acids is 2. The van der Waals surface area contributed by atoms with E-state index in [1.165, 1.54) is 62.5 Å². The molecule has 0 heterocycles. The maximum atomic E-state index is 11.8. The average Bonchev–Trinajstić information content (AvgIpc) is 3.43. The number of rotatable bonds is 0. The van der Waals surface area contributed by atoms with E-state index < -0.39 is 0 Å². The van der Waals surface area contributed by atoms with E-state index in [4.69, 9.17) is 0 Å². The topological polar surface area (TPSA) is 74.6 Å². The lowest BCUT2D eigenvalue weighted by Gasteiger charge is -2.57. The molecule has 8 aliphatic rings. The molecule has 8 rings (SSSR count). The van der Waals surface area contributed by atoms with E-state index in [9.17, 15) is 19.8 Å². The largest absolute Gasteiger partial charge is 0.393 e. The van der Waals surface area contributed by atoms with Crippen LogP contribution in [0.4, 0.5) is 0 Å². The lowest BCUT2D eigenvalue weighted by atomic mass is 9.47. The standard InChI is InChI=1S/C19H28O2.C18H26O2.CH4/c1-18-9-7-13(20)11-12(18)3-4-14-15-5-6-17(21)19(15,2)10-8-16(14)18;1-18-9-8-14-13-5-3-12(19)10-11(13)2-4-15(14)16(18)6-7-17(18)20;/h11,14-17,21H,3-10H2,1-2H3;10,13-17,20H,2-9H2,1H3;1H4/t14?,15?,16?,17-,18-,19-;13?,14?,15?,16?,17-,18-;/m00./s1. The van der Waals surface area contributed by atoms with Crippen LogP contribution in [-0.4, -0.2) is 34.0 Å². The number of fused-ring (bicyclic) bond motifs is 10. The summed E-state index contributed by atoms with van der Waals surface area (Å²) in [5.74, 6) is 5.95. The molecule has 7 unspecified atom stereocenters. The third-order valence-electron chi connectivity index (χ3n) is 15.2. The van der Waals surface area contributed by atoms with Gasteiger partial charge in [-0.15, -0.1) is 0 Å². The van der Waals surface area contributed by atoms with Crippen molar-refractivity contribution in [3.63, 3.8) is 0 Å². The normalized spacial score (nSPS) is 50.6. The molecule has 12 atom stereocenters. The van der Waals surface area contributed by atoms with Gasteiger partial charge in [-0.2, -0.15) is 0 Å². The first-order valence-corrected chi connectivity index (χ1v) is 17.4. The summed E-state index contributed by atoms with van der Waals surface area (Å²) in [5, 5.41) is 20.8. The van der Waals surface area contributed by atoms with Gasteiger partial charge in [0.15, 0.2) is 11.6 Å². The van der Waals surface area contributed by atoms with E-state index in [-0.39, 0.29) is 35.9 Å². The van der Waals surface area contributed by atoms with Crippen molar-refractivity contribution in [1.29, 1.82) is 0 Å². The van der Waals surface area contributed by atoms with Crippen molar-refractivity contribution in [2.45, 2.75) is 143 Å². The highest BCUT2D eigenvalue weighted by atomic mass is 16.3. The first-order chi connectivity index (χ1) is 19.5. The van der Waals surface area contributed by atoms with Gasteiger partial charge in [0.05, 0.1) is 12.2 Å². The lowest BCUT2D eigenvalue weighted by Crippen LogP contribution is -2.51. The summed E-state index contributed by atoms with van der Waals surface area (Å²) in [6.45, 7) is 7.10. The number of aliphatic hydroxyl groups is 2. The Balaban J connectivity index is 0.000000147. The highest BCUT2D eigenvalue weighted by Crippen LogP contribution is 2.65. The molecule has 0 spiro atoms. The molecule has 4 nitrogen and oxygen atoms in total. The molecule has 0 aromatic heterocycles. The van der Waals surface area contributed by atoms with Crippen LogP contribution in [0.25, 0.3) is 0 Å². The molecule has 42 heavy (non-hydrogen) atoms. The van der Waals surface area contributed by atoms with Gasteiger partial charge < -0.3 is 10.2 Å². The zero-order valence-corrected chi connectivity index (χ0v) is 25.9. The predicted molar refractivity (Wildman–Crippen MR) is 168 cm³/mol. The van der Waals surface area contributed by atoms with Crippen LogP contribution in [0.15, 0.2) is 23.3 Å². The second-order valence-corrected chi connectivity index (χ2v) is 16.5. The number of aliphatic hydroxyl groups excluding tert-OH is 2. The SMILES string of the molecule is C.C[C@]12CCC(=O)C=C1CCC1C2CC[C@@]2(C)C1CC[C@@H]2O.C[C@]12CCC3C4CCC(=O)C=C4CCC3C1CC[C@@H]2O. The Kier molecular flexibility index (Phi) is 8.03. The number of allylic oxidation sites excluding steroid dienone is 2. The summed E-state index contributed by atoms with van der Waals surface area (Å²) < 4.78 is 0. The van der Waals surface area contributed by atoms with Gasteiger partial charge >= 0.3 is 0 Å². The van der Waals surface area contributed by atoms with Crippen molar-refractivity contribution in [2.24, 2.45) is 57.7 Å². The number of hydrogen-bond acceptors (Lipinski definition) is 4. The van der Waals surface area contributed by atoms with Crippen LogP contribution < -0.4 is 0 Å². The first kappa shape index (κ1) is 30.8. The highest BCUT2D eigenvalue weighted by molar-refractivity contribution is 5.92. The minimum Gasteiger partial charge on any atom is -0.393 e. The molecular weight excluding hydrogens is 520 g/mol. The molecule has 0 amide bonds. The smallest absolute Gasteiger partial charge is 0.155 e. The molecule has 4 heteroatoms. The van der Waals surface area contributed by atoms with Crippen LogP contribution in [0.1, 0.15) is 131 Å². The second kappa shape index (κ2) is 11.0. The van der Waals surface area contributed by atoms with Gasteiger partial charge in [0, 0.05) is 12.8 Å². The lowest BCUT2D eigenvalue weighted by molar-refractivity contribution is -0.118. The van der Waals surface area contributed by atoms with Crippen LogP contribution in [0.5, 0.6) is 0 Å². The second-order valence-electron chi connectivity index (χ2n) is 16.5. The fraction of sp³-hybridized carbons (Fsp3) is 0.842. The molecule has 8 aliphatic carbocycles. The first-order valence-electron chi connectivity index (χ1n) is 17.4. The summed E-state index contributed by atoms with van der Waals surface area (Å²) in [4.78, 5) is 23.4. The van der Waals surface area contributed by atoms with Gasteiger partial charge in [-0.1, -0.05) is 39.3 Å². The van der Waals surface area contributed by atoms with Gasteiger partial charge in [-0.05, 0) is 160 Å². The van der Waals surface area contributed by atoms with E-state index >= 15 is 0 Å². The van der Waals surface area contributed by atoms with Gasteiger partial charge in [-0.3, -0.25) is 9.59 Å². The third kappa shape index (κ3) is 4.58. The van der Waals surface area contributed by atoms with E-state index in [0.717, 1.165) is 81.0 Å². The highest BCUT2D eigenvalue weighted by Gasteiger charge is 2.59. The van der Waals surface area contributed by atoms with Crippen LogP contribution >= 0.6 is 0 Å². The summed E-state index contributed by atoms with van der Waals surface area (Å²) in [6.07, 6.45) is 21.6. The average molecular weight is 579 g/mol. The predicted octanol–water partition coefficient (Wildman–Crippen LogP) is 8.00. The Hall–Kier alpha value is -1.26. The van der Waals surface area contributed by atoms with Gasteiger partial charge in [-0.25, -0.2) is 0 Å². The Labute approximate surface area is 255 Å². The minimum absolute atomic E-state index is 0. The van der Waals surface area contributed by atoms with E-state index in [2.05, 4.69) is 20.8 Å². The fourth-order valence-corrected chi connectivity index (χ4v) is 12.7. The fourth-order valence-electron chi connectivity index (χ4n) is 12.7. The van der Waals surface area contributed by atoms with Gasteiger partial charge in [0.25, 0.3) is 0 Å². The molecule has 0 aliphatic heterocycles. The number of hydrogen-bond donors (Lipinski definition) is 2. The van der Waals surface area contributed by atoms with Crippen molar-refractivity contribution in [3.05, 3.63) is 23.3 Å².